The van der Waals surface area contributed by atoms with Gasteiger partial charge in [0.25, 0.3) is 11.9 Å². The Hall–Kier alpha value is -2.72. The Balaban J connectivity index is 1.78. The topological polar surface area (TPSA) is 107 Å². The fraction of sp³-hybridized carbons (Fsp3) is 0.458. The Labute approximate surface area is 204 Å². The van der Waals surface area contributed by atoms with Crippen molar-refractivity contribution in [3.63, 3.8) is 0 Å². The van der Waals surface area contributed by atoms with E-state index in [1.807, 2.05) is 30.3 Å². The van der Waals surface area contributed by atoms with Crippen molar-refractivity contribution >= 4 is 36.5 Å². The molecule has 34 heavy (non-hydrogen) atoms. The highest BCUT2D eigenvalue weighted by Crippen LogP contribution is 2.29. The number of ketones is 1. The molecule has 0 saturated carbocycles. The zero-order chi connectivity index (χ0) is 24.3. The lowest BCUT2D eigenvalue weighted by molar-refractivity contribution is -0.133. The van der Waals surface area contributed by atoms with E-state index in [9.17, 15) is 14.4 Å². The number of benzene rings is 1. The second-order valence-corrected chi connectivity index (χ2v) is 9.75. The molecule has 0 radical (unpaired) electrons. The van der Waals surface area contributed by atoms with Crippen LogP contribution in [-0.4, -0.2) is 58.9 Å². The van der Waals surface area contributed by atoms with Crippen molar-refractivity contribution in [2.75, 3.05) is 18.1 Å². The molecule has 0 aliphatic carbocycles. The second kappa shape index (κ2) is 13.2. The molecule has 3 rings (SSSR count). The number of thioether (sulfide) groups is 1. The Morgan fingerprint density at radius 3 is 2.71 bits per heavy atom. The van der Waals surface area contributed by atoms with Crippen LogP contribution >= 0.6 is 11.8 Å². The van der Waals surface area contributed by atoms with Crippen LogP contribution in [0.25, 0.3) is 0 Å². The number of rotatable bonds is 10. The summed E-state index contributed by atoms with van der Waals surface area (Å²) in [4.78, 5) is 46.4. The van der Waals surface area contributed by atoms with E-state index in [0.717, 1.165) is 5.56 Å². The number of carbonyl (C=O) groups excluding carboxylic acids is 3. The summed E-state index contributed by atoms with van der Waals surface area (Å²) >= 11 is 1.46. The van der Waals surface area contributed by atoms with Crippen molar-refractivity contribution in [1.29, 1.82) is 0 Å². The predicted octanol–water partition coefficient (Wildman–Crippen LogP) is 2.99. The lowest BCUT2D eigenvalue weighted by Gasteiger charge is -2.27. The first kappa shape index (κ1) is 25.9. The molecule has 1 aliphatic rings. The molecule has 0 spiro atoms. The zero-order valence-corrected chi connectivity index (χ0v) is 20.3. The van der Waals surface area contributed by atoms with E-state index in [1.54, 1.807) is 0 Å². The van der Waals surface area contributed by atoms with E-state index in [2.05, 4.69) is 29.1 Å². The Morgan fingerprint density at radius 2 is 2.00 bits per heavy atom. The smallest absolute Gasteiger partial charge is 0.509 e. The molecular weight excluding hydrogens is 453 g/mol. The fourth-order valence-corrected chi connectivity index (χ4v) is 4.44. The minimum absolute atomic E-state index is 0.113. The van der Waals surface area contributed by atoms with Crippen molar-refractivity contribution in [2.24, 2.45) is 5.92 Å². The molecule has 2 aromatic rings. The molecule has 1 aromatic heterocycles. The number of hydrogen-bond acceptors (Lipinski definition) is 8. The molecule has 1 saturated heterocycles. The van der Waals surface area contributed by atoms with Gasteiger partial charge >= 0.3 is 7.12 Å². The van der Waals surface area contributed by atoms with Gasteiger partial charge in [0.2, 0.25) is 0 Å². The summed E-state index contributed by atoms with van der Waals surface area (Å²) in [7, 11) is -0.784. The first-order chi connectivity index (χ1) is 16.4. The third-order valence-electron chi connectivity index (χ3n) is 5.37. The Morgan fingerprint density at radius 1 is 1.21 bits per heavy atom. The molecule has 1 aromatic carbocycles. The molecular formula is C24H30BN3O5S. The maximum atomic E-state index is 13.5. The van der Waals surface area contributed by atoms with Gasteiger partial charge in [-0.25, -0.2) is 4.98 Å². The van der Waals surface area contributed by atoms with Crippen LogP contribution in [0.1, 0.15) is 42.7 Å². The first-order valence-corrected chi connectivity index (χ1v) is 12.6. The third-order valence-corrected chi connectivity index (χ3v) is 6.27. The number of aromatic nitrogens is 2. The quantitative estimate of drug-likeness (QED) is 0.514. The van der Waals surface area contributed by atoms with E-state index in [1.165, 1.54) is 30.4 Å². The molecule has 1 fully saturated rings. The maximum absolute atomic E-state index is 13.5. The summed E-state index contributed by atoms with van der Waals surface area (Å²) < 4.78 is 11.4. The van der Waals surface area contributed by atoms with E-state index < -0.39 is 19.1 Å². The van der Waals surface area contributed by atoms with E-state index >= 15 is 0 Å². The fourth-order valence-electron chi connectivity index (χ4n) is 3.85. The van der Waals surface area contributed by atoms with Crippen molar-refractivity contribution in [3.8, 4) is 0 Å². The molecule has 10 heteroatoms. The van der Waals surface area contributed by atoms with E-state index in [0.29, 0.717) is 25.2 Å². The van der Waals surface area contributed by atoms with Gasteiger partial charge in [0.05, 0.1) is 18.0 Å². The number of nitrogens with one attached hydrogen (secondary N) is 1. The van der Waals surface area contributed by atoms with Gasteiger partial charge in [-0.1, -0.05) is 44.2 Å². The van der Waals surface area contributed by atoms with Gasteiger partial charge in [0.1, 0.15) is 5.69 Å². The van der Waals surface area contributed by atoms with Crippen LogP contribution < -0.4 is 5.32 Å². The lowest BCUT2D eigenvalue weighted by atomic mass is 9.65. The van der Waals surface area contributed by atoms with Crippen LogP contribution in [0.2, 0.25) is 5.82 Å². The van der Waals surface area contributed by atoms with Crippen molar-refractivity contribution in [1.82, 2.24) is 15.3 Å². The summed E-state index contributed by atoms with van der Waals surface area (Å²) in [5.41, 5.74) is 1.06. The molecule has 1 amide bonds. The van der Waals surface area contributed by atoms with Gasteiger partial charge in [-0.2, -0.15) is 0 Å². The third kappa shape index (κ3) is 8.25. The average molecular weight is 483 g/mol. The van der Waals surface area contributed by atoms with Crippen LogP contribution in [-0.2, 0) is 25.3 Å². The highest BCUT2D eigenvalue weighted by molar-refractivity contribution is 7.99. The number of amides is 1. The van der Waals surface area contributed by atoms with Gasteiger partial charge in [0, 0.05) is 37.0 Å². The number of nitrogens with zero attached hydrogens (tertiary/aromatic N) is 2. The van der Waals surface area contributed by atoms with Gasteiger partial charge < -0.3 is 14.6 Å². The van der Waals surface area contributed by atoms with E-state index in [-0.39, 0.29) is 41.4 Å². The van der Waals surface area contributed by atoms with Crippen LogP contribution in [0.5, 0.6) is 0 Å². The monoisotopic (exact) mass is 483 g/mol. The van der Waals surface area contributed by atoms with Gasteiger partial charge in [-0.15, -0.1) is 11.8 Å². The van der Waals surface area contributed by atoms with Gasteiger partial charge in [-0.3, -0.25) is 19.4 Å². The zero-order valence-electron chi connectivity index (χ0n) is 19.5. The normalized spacial score (nSPS) is 16.2. The molecule has 0 bridgehead atoms. The highest BCUT2D eigenvalue weighted by atomic mass is 32.2. The van der Waals surface area contributed by atoms with Crippen molar-refractivity contribution in [3.05, 3.63) is 60.2 Å². The van der Waals surface area contributed by atoms with E-state index in [4.69, 9.17) is 9.31 Å². The summed E-state index contributed by atoms with van der Waals surface area (Å²) in [6.07, 6.45) is 5.37. The molecule has 180 valence electrons. The lowest BCUT2D eigenvalue weighted by Crippen LogP contribution is -2.44. The van der Waals surface area contributed by atoms with Gasteiger partial charge in [0.15, 0.2) is 5.78 Å². The predicted molar refractivity (Wildman–Crippen MR) is 131 cm³/mol. The standard InChI is InChI=1S/C24H30BN3O5S/c1-17(2)12-19(25-32-10-11-34-16-23(30)33-25)14-22(29)20(13-18-6-4-3-5-7-18)28-24(31)21-15-26-8-9-27-21/h3-9,15,17,19-20H,10-14,16H2,1-2H3,(H,28,31)/t19-,20+/m1/s1. The summed E-state index contributed by atoms with van der Waals surface area (Å²) in [6, 6.07) is 8.74. The molecule has 2 heterocycles. The summed E-state index contributed by atoms with van der Waals surface area (Å²) in [5.74, 6) is -0.0388. The molecule has 2 atom stereocenters. The maximum Gasteiger partial charge on any atom is 0.531 e. The second-order valence-electron chi connectivity index (χ2n) is 8.65. The number of Topliss-reactive ketones (excluding diaryl/α,β-unsaturated/α-hetero) is 1. The summed E-state index contributed by atoms with van der Waals surface area (Å²) in [6.45, 7) is 4.55. The Kier molecular flexibility index (Phi) is 10.1. The Bertz CT molecular complexity index is 948. The van der Waals surface area contributed by atoms with Crippen LogP contribution in [0, 0.1) is 5.92 Å². The summed E-state index contributed by atoms with van der Waals surface area (Å²) in [5, 5.41) is 2.83. The van der Waals surface area contributed by atoms with Crippen LogP contribution in [0.15, 0.2) is 48.9 Å². The SMILES string of the molecule is CC(C)C[C@H](CC(=O)[C@H](Cc1ccccc1)NC(=O)c1cnccn1)B1OCCSCC(=O)O1. The van der Waals surface area contributed by atoms with Gasteiger partial charge in [-0.05, 0) is 24.3 Å². The molecule has 1 aliphatic heterocycles. The largest absolute Gasteiger partial charge is 0.531 e. The molecule has 0 unspecified atom stereocenters. The van der Waals surface area contributed by atoms with Crippen LogP contribution in [0.3, 0.4) is 0 Å². The number of hydrogen-bond donors (Lipinski definition) is 1. The minimum atomic E-state index is -0.784. The molecule has 8 nitrogen and oxygen atoms in total. The minimum Gasteiger partial charge on any atom is -0.509 e. The highest BCUT2D eigenvalue weighted by Gasteiger charge is 2.38. The van der Waals surface area contributed by atoms with Crippen molar-refractivity contribution in [2.45, 2.75) is 45.0 Å². The van der Waals surface area contributed by atoms with Crippen molar-refractivity contribution < 1.29 is 23.7 Å². The molecule has 1 N–H and O–H groups in total. The number of carbonyl (C=O) groups is 3. The average Bonchev–Trinajstić information content (AvgIpc) is 2.81. The van der Waals surface area contributed by atoms with Crippen LogP contribution in [0.4, 0.5) is 0 Å². The first-order valence-electron chi connectivity index (χ1n) is 11.4.